The molecule has 2 amide bonds. The Morgan fingerprint density at radius 2 is 1.71 bits per heavy atom. The predicted octanol–water partition coefficient (Wildman–Crippen LogP) is 7.28. The number of piperidine rings is 1. The molecule has 16 heteroatoms. The first-order chi connectivity index (χ1) is 31.2. The van der Waals surface area contributed by atoms with Gasteiger partial charge in [0.25, 0.3) is 11.5 Å². The third-order valence-electron chi connectivity index (χ3n) is 16.3. The lowest BCUT2D eigenvalue weighted by molar-refractivity contribution is -0.164. The summed E-state index contributed by atoms with van der Waals surface area (Å²) in [6.45, 7) is 6.33. The van der Waals surface area contributed by atoms with Crippen LogP contribution in [0.4, 0.5) is 17.5 Å². The maximum Gasteiger partial charge on any atom is 0.306 e. The van der Waals surface area contributed by atoms with Gasteiger partial charge in [-0.2, -0.15) is 4.98 Å². The highest BCUT2D eigenvalue weighted by Crippen LogP contribution is 2.66. The Balaban J connectivity index is 0.763. The van der Waals surface area contributed by atoms with E-state index in [4.69, 9.17) is 30.8 Å². The molecule has 5 fully saturated rings. The number of hydrogen-bond donors (Lipinski definition) is 3. The van der Waals surface area contributed by atoms with Crippen molar-refractivity contribution in [1.82, 2.24) is 25.2 Å². The molecule has 65 heavy (non-hydrogen) atoms. The summed E-state index contributed by atoms with van der Waals surface area (Å²) in [7, 11) is 4.62. The van der Waals surface area contributed by atoms with Crippen LogP contribution in [0.5, 0.6) is 11.5 Å². The number of nitrogens with one attached hydrogen (secondary N) is 3. The first-order valence-corrected chi connectivity index (χ1v) is 24.2. The van der Waals surface area contributed by atoms with Crippen LogP contribution in [0.15, 0.2) is 29.2 Å². The minimum atomic E-state index is -0.409. The molecule has 2 aromatic heterocycles. The van der Waals surface area contributed by atoms with Gasteiger partial charge in [-0.05, 0) is 112 Å². The minimum absolute atomic E-state index is 0.00515. The Hall–Kier alpha value is -4.92. The maximum atomic E-state index is 13.2. The number of hydrogen-bond acceptors (Lipinski definition) is 12. The smallest absolute Gasteiger partial charge is 0.306 e. The summed E-state index contributed by atoms with van der Waals surface area (Å²) in [5, 5.41) is 9.80. The van der Waals surface area contributed by atoms with E-state index in [0.717, 1.165) is 57.8 Å². The number of aromatic nitrogens is 3. The number of esters is 1. The number of rotatable bonds is 15. The van der Waals surface area contributed by atoms with E-state index in [0.29, 0.717) is 107 Å². The number of carbonyl (C=O) groups is 4. The molecule has 8 rings (SSSR count). The molecule has 7 atom stereocenters. The van der Waals surface area contributed by atoms with Gasteiger partial charge in [-0.25, -0.2) is 4.98 Å². The number of likely N-dealkylation sites (N-methyl/N-ethyl adjacent to an activating group) is 1. The van der Waals surface area contributed by atoms with Crippen molar-refractivity contribution in [2.75, 3.05) is 50.6 Å². The van der Waals surface area contributed by atoms with Gasteiger partial charge in [0.15, 0.2) is 18.2 Å². The van der Waals surface area contributed by atoms with Crippen molar-refractivity contribution in [3.63, 3.8) is 0 Å². The van der Waals surface area contributed by atoms with Crippen molar-refractivity contribution in [2.24, 2.45) is 47.5 Å². The van der Waals surface area contributed by atoms with E-state index < -0.39 is 5.56 Å². The molecular weight excluding hydrogens is 850 g/mol. The second-order valence-corrected chi connectivity index (χ2v) is 20.2. The van der Waals surface area contributed by atoms with Gasteiger partial charge in [-0.3, -0.25) is 24.0 Å². The van der Waals surface area contributed by atoms with Gasteiger partial charge in [0.05, 0.1) is 18.8 Å². The number of unbranched alkanes of at least 4 members (excludes halogenated alkanes) is 2. The van der Waals surface area contributed by atoms with Crippen LogP contribution in [0.3, 0.4) is 0 Å². The number of aryl methyl sites for hydroxylation is 1. The Morgan fingerprint density at radius 1 is 0.923 bits per heavy atom. The number of anilines is 3. The van der Waals surface area contributed by atoms with Crippen molar-refractivity contribution >= 4 is 63.5 Å². The topological polar surface area (TPSA) is 183 Å². The fraction of sp³-hybridized carbons (Fsp3) is 0.653. The van der Waals surface area contributed by atoms with E-state index in [1.54, 1.807) is 25.4 Å². The predicted molar refractivity (Wildman–Crippen MR) is 249 cm³/mol. The number of fused-ring (bicyclic) bond motifs is 6. The lowest BCUT2D eigenvalue weighted by Crippen LogP contribution is -2.54. The third-order valence-corrected chi connectivity index (χ3v) is 16.5. The van der Waals surface area contributed by atoms with Gasteiger partial charge in [-0.1, -0.05) is 31.9 Å². The number of carbonyl (C=O) groups excluding carboxylic acids is 4. The molecule has 1 aromatic carbocycles. The van der Waals surface area contributed by atoms with Crippen LogP contribution in [-0.2, 0) is 31.0 Å². The number of amides is 2. The second kappa shape index (κ2) is 19.5. The fourth-order valence-electron chi connectivity index (χ4n) is 12.5. The number of benzene rings is 1. The zero-order valence-corrected chi connectivity index (χ0v) is 39.4. The molecule has 3 aromatic rings. The second-order valence-electron chi connectivity index (χ2n) is 19.8. The van der Waals surface area contributed by atoms with Crippen molar-refractivity contribution in [1.29, 1.82) is 0 Å². The molecule has 15 nitrogen and oxygen atoms in total. The van der Waals surface area contributed by atoms with Crippen LogP contribution in [0.25, 0.3) is 10.9 Å². The molecule has 352 valence electrons. The lowest BCUT2D eigenvalue weighted by atomic mass is 9.45. The van der Waals surface area contributed by atoms with Gasteiger partial charge in [0, 0.05) is 81.5 Å². The molecular formula is C49H66ClN7O8. The molecule has 0 spiro atoms. The van der Waals surface area contributed by atoms with Crippen molar-refractivity contribution in [3.05, 3.63) is 39.8 Å². The van der Waals surface area contributed by atoms with Crippen molar-refractivity contribution in [3.8, 4) is 11.5 Å². The highest BCUT2D eigenvalue weighted by Gasteiger charge is 2.61. The monoisotopic (exact) mass is 915 g/mol. The van der Waals surface area contributed by atoms with Crippen LogP contribution in [0.1, 0.15) is 110 Å². The number of Topliss-reactive ketones (excluding diaryl/α,β-unsaturated/α-hetero) is 1. The molecule has 4 aliphatic carbocycles. The number of ketones is 1. The molecule has 0 unspecified atom stereocenters. The Labute approximate surface area is 386 Å². The maximum absolute atomic E-state index is 13.2. The molecule has 5 aliphatic rings. The summed E-state index contributed by atoms with van der Waals surface area (Å²) in [4.78, 5) is 74.6. The van der Waals surface area contributed by atoms with Crippen molar-refractivity contribution in [2.45, 2.75) is 116 Å². The average molecular weight is 917 g/mol. The van der Waals surface area contributed by atoms with Gasteiger partial charge in [0.2, 0.25) is 11.9 Å². The molecule has 4 saturated carbocycles. The Morgan fingerprint density at radius 3 is 2.48 bits per heavy atom. The summed E-state index contributed by atoms with van der Waals surface area (Å²) in [5.41, 5.74) is 1.06. The quantitative estimate of drug-likeness (QED) is 0.103. The summed E-state index contributed by atoms with van der Waals surface area (Å²) in [6.07, 6.45) is 15.0. The molecule has 1 aliphatic heterocycles. The minimum Gasteiger partial charge on any atom is -0.494 e. The number of nitrogens with zero attached hydrogens (tertiary/aromatic N) is 4. The first-order valence-electron chi connectivity index (χ1n) is 23.8. The van der Waals surface area contributed by atoms with Gasteiger partial charge in [0.1, 0.15) is 22.7 Å². The lowest BCUT2D eigenvalue weighted by Gasteiger charge is -2.60. The SMILES string of the molecule is CNC(=O)COc1cc2cc(Nc3nc(N4CCC(C(=O)NCCCCCC(=O)O[C@H]5CC[C@H]6[C@@H]7CC[C@H]8CC(=O)CC[C@]8(C)[C@H]7CC[C@]56C)CC4)ncc3Cl)cc(OC)c2n(C)c1=O. The Bertz CT molecular complexity index is 2350. The van der Waals surface area contributed by atoms with Crippen LogP contribution >= 0.6 is 11.6 Å². The summed E-state index contributed by atoms with van der Waals surface area (Å²) >= 11 is 6.57. The summed E-state index contributed by atoms with van der Waals surface area (Å²) in [5.74, 6) is 3.77. The fourth-order valence-corrected chi connectivity index (χ4v) is 12.7. The molecule has 0 bridgehead atoms. The van der Waals surface area contributed by atoms with E-state index >= 15 is 0 Å². The van der Waals surface area contributed by atoms with E-state index in [1.165, 1.54) is 38.0 Å². The molecule has 1 saturated heterocycles. The zero-order chi connectivity index (χ0) is 46.0. The standard InChI is InChI=1S/C49H66ClN7O8/c1-48-18-14-33(58)25-31(48)10-11-34-35-12-13-40(49(35,2)19-15-36(34)48)65-42(60)9-7-6-8-20-52-45(61)29-16-21-57(22-17-29)47-53-27-37(50)44(55-47)54-32-23-30-24-39(64-28-41(59)51-3)46(62)56(4)43(30)38(26-32)63-5/h23-24,26-27,29,31,34-36,40H,6-22,25,28H2,1-5H3,(H,51,59)(H,52,61)(H,53,54,55)/t31-,34-,35-,36-,40-,48-,49-/m0/s1. The highest BCUT2D eigenvalue weighted by atomic mass is 35.5. The van der Waals surface area contributed by atoms with E-state index in [-0.39, 0.29) is 53.0 Å². The Kier molecular flexibility index (Phi) is 14.0. The van der Waals surface area contributed by atoms with Gasteiger partial charge >= 0.3 is 5.97 Å². The number of methoxy groups -OCH3 is 1. The van der Waals surface area contributed by atoms with Crippen LogP contribution in [0.2, 0.25) is 5.02 Å². The summed E-state index contributed by atoms with van der Waals surface area (Å²) < 4.78 is 18.9. The normalized spacial score (nSPS) is 27.6. The number of ether oxygens (including phenoxy) is 3. The third kappa shape index (κ3) is 9.54. The average Bonchev–Trinajstić information content (AvgIpc) is 3.63. The largest absolute Gasteiger partial charge is 0.494 e. The van der Waals surface area contributed by atoms with Crippen LogP contribution in [0, 0.1) is 40.4 Å². The van der Waals surface area contributed by atoms with Crippen LogP contribution < -0.4 is 35.9 Å². The van der Waals surface area contributed by atoms with Gasteiger partial charge in [-0.15, -0.1) is 0 Å². The summed E-state index contributed by atoms with van der Waals surface area (Å²) in [6, 6.07) is 5.12. The zero-order valence-electron chi connectivity index (χ0n) is 38.6. The molecule has 0 radical (unpaired) electrons. The van der Waals surface area contributed by atoms with E-state index in [1.807, 2.05) is 11.0 Å². The van der Waals surface area contributed by atoms with E-state index in [2.05, 4.69) is 34.8 Å². The van der Waals surface area contributed by atoms with Crippen LogP contribution in [-0.4, -0.2) is 84.6 Å². The van der Waals surface area contributed by atoms with Gasteiger partial charge < -0.3 is 39.6 Å². The molecule has 3 heterocycles. The number of halogens is 1. The number of pyridine rings is 1. The highest BCUT2D eigenvalue weighted by molar-refractivity contribution is 6.33. The van der Waals surface area contributed by atoms with Crippen molar-refractivity contribution < 1.29 is 33.4 Å². The molecule has 3 N–H and O–H groups in total. The first kappa shape index (κ1) is 46.6. The van der Waals surface area contributed by atoms with E-state index in [9.17, 15) is 24.0 Å².